The molecule has 0 aliphatic heterocycles. The molecular formula is C18H26N4OS. The first-order valence-electron chi connectivity index (χ1n) is 8.42. The standard InChI is InChI=1S/C18H26N4OS/c1-5-15-13(3)24-17(21-15)9-12-20-18(23)22(4)16(6-2)14-7-10-19-11-8-14/h7-8,10-11,16H,5-6,9,12H2,1-4H3,(H,20,23)/t16-/m1/s1. The number of nitrogens with one attached hydrogen (secondary N) is 1. The van der Waals surface area contributed by atoms with Gasteiger partial charge < -0.3 is 10.2 Å². The fraction of sp³-hybridized carbons (Fsp3) is 0.500. The molecule has 1 atom stereocenters. The number of rotatable bonds is 7. The lowest BCUT2D eigenvalue weighted by Crippen LogP contribution is -2.40. The summed E-state index contributed by atoms with van der Waals surface area (Å²) in [6.07, 6.45) is 6.12. The SMILES string of the molecule is CCc1nc(CCNC(=O)N(C)[C@H](CC)c2ccncc2)sc1C. The van der Waals surface area contributed by atoms with Crippen LogP contribution in [0.3, 0.4) is 0 Å². The molecule has 1 N–H and O–H groups in total. The normalized spacial score (nSPS) is 12.0. The van der Waals surface area contributed by atoms with E-state index in [9.17, 15) is 4.79 Å². The maximum Gasteiger partial charge on any atom is 0.317 e. The van der Waals surface area contributed by atoms with Crippen LogP contribution >= 0.6 is 11.3 Å². The van der Waals surface area contributed by atoms with Gasteiger partial charge >= 0.3 is 6.03 Å². The van der Waals surface area contributed by atoms with Crippen LogP contribution in [0.1, 0.15) is 47.5 Å². The summed E-state index contributed by atoms with van der Waals surface area (Å²) in [4.78, 5) is 24.1. The fourth-order valence-electron chi connectivity index (χ4n) is 2.78. The molecule has 2 heterocycles. The molecule has 0 unspecified atom stereocenters. The Hall–Kier alpha value is -1.95. The van der Waals surface area contributed by atoms with Crippen LogP contribution in [0.2, 0.25) is 0 Å². The average molecular weight is 347 g/mol. The fourth-order valence-corrected chi connectivity index (χ4v) is 3.81. The van der Waals surface area contributed by atoms with Crippen molar-refractivity contribution in [1.29, 1.82) is 0 Å². The van der Waals surface area contributed by atoms with Crippen molar-refractivity contribution in [3.05, 3.63) is 45.7 Å². The highest BCUT2D eigenvalue weighted by Gasteiger charge is 2.19. The predicted molar refractivity (Wildman–Crippen MR) is 98.4 cm³/mol. The van der Waals surface area contributed by atoms with Gasteiger partial charge in [-0.25, -0.2) is 9.78 Å². The minimum atomic E-state index is -0.0531. The molecule has 0 spiro atoms. The van der Waals surface area contributed by atoms with Crippen molar-refractivity contribution >= 4 is 17.4 Å². The predicted octanol–water partition coefficient (Wildman–Crippen LogP) is 3.74. The number of aromatic nitrogens is 2. The van der Waals surface area contributed by atoms with Crippen LogP contribution in [0.4, 0.5) is 4.79 Å². The van der Waals surface area contributed by atoms with Crippen molar-refractivity contribution in [2.45, 2.75) is 46.1 Å². The molecule has 0 saturated carbocycles. The Morgan fingerprint density at radius 2 is 2.04 bits per heavy atom. The number of carbonyl (C=O) groups excluding carboxylic acids is 1. The maximum absolute atomic E-state index is 12.4. The van der Waals surface area contributed by atoms with Crippen LogP contribution in [0.25, 0.3) is 0 Å². The van der Waals surface area contributed by atoms with E-state index in [-0.39, 0.29) is 12.1 Å². The van der Waals surface area contributed by atoms with E-state index in [0.29, 0.717) is 6.54 Å². The molecule has 24 heavy (non-hydrogen) atoms. The van der Waals surface area contributed by atoms with Crippen molar-refractivity contribution in [1.82, 2.24) is 20.2 Å². The third-order valence-electron chi connectivity index (χ3n) is 4.15. The van der Waals surface area contributed by atoms with E-state index in [1.165, 1.54) is 10.6 Å². The number of hydrogen-bond acceptors (Lipinski definition) is 4. The van der Waals surface area contributed by atoms with Gasteiger partial charge in [-0.15, -0.1) is 11.3 Å². The first-order chi connectivity index (χ1) is 11.6. The molecule has 2 rings (SSSR count). The smallest absolute Gasteiger partial charge is 0.317 e. The summed E-state index contributed by atoms with van der Waals surface area (Å²) in [6, 6.07) is 3.93. The summed E-state index contributed by atoms with van der Waals surface area (Å²) in [7, 11) is 1.84. The van der Waals surface area contributed by atoms with E-state index in [0.717, 1.165) is 29.8 Å². The summed E-state index contributed by atoms with van der Waals surface area (Å²) in [5, 5.41) is 4.09. The topological polar surface area (TPSA) is 58.1 Å². The minimum Gasteiger partial charge on any atom is -0.338 e. The molecule has 130 valence electrons. The van der Waals surface area contributed by atoms with Gasteiger partial charge in [0.2, 0.25) is 0 Å². The summed E-state index contributed by atoms with van der Waals surface area (Å²) >= 11 is 1.72. The quantitative estimate of drug-likeness (QED) is 0.831. The molecule has 6 heteroatoms. The molecule has 0 aliphatic rings. The van der Waals surface area contributed by atoms with Crippen molar-refractivity contribution in [3.8, 4) is 0 Å². The van der Waals surface area contributed by atoms with Gasteiger partial charge in [0.1, 0.15) is 0 Å². The average Bonchev–Trinajstić information content (AvgIpc) is 2.96. The van der Waals surface area contributed by atoms with Crippen LogP contribution < -0.4 is 5.32 Å². The Morgan fingerprint density at radius 1 is 1.33 bits per heavy atom. The van der Waals surface area contributed by atoms with E-state index in [1.54, 1.807) is 28.6 Å². The van der Waals surface area contributed by atoms with Gasteiger partial charge in [0.05, 0.1) is 16.7 Å². The number of carbonyl (C=O) groups is 1. The van der Waals surface area contributed by atoms with Crippen LogP contribution in [-0.4, -0.2) is 34.5 Å². The third-order valence-corrected chi connectivity index (χ3v) is 5.23. The van der Waals surface area contributed by atoms with Crippen molar-refractivity contribution in [3.63, 3.8) is 0 Å². The Bertz CT molecular complexity index is 656. The van der Waals surface area contributed by atoms with E-state index in [2.05, 4.69) is 36.1 Å². The van der Waals surface area contributed by atoms with E-state index >= 15 is 0 Å². The van der Waals surface area contributed by atoms with Crippen molar-refractivity contribution < 1.29 is 4.79 Å². The molecule has 0 radical (unpaired) electrons. The molecular weight excluding hydrogens is 320 g/mol. The number of aryl methyl sites for hydroxylation is 2. The number of urea groups is 1. The second-order valence-electron chi connectivity index (χ2n) is 5.76. The first kappa shape index (κ1) is 18.4. The lowest BCUT2D eigenvalue weighted by atomic mass is 10.1. The molecule has 0 fully saturated rings. The Balaban J connectivity index is 1.88. The molecule has 0 aliphatic carbocycles. The molecule has 2 aromatic heterocycles. The third kappa shape index (κ3) is 4.54. The van der Waals surface area contributed by atoms with Gasteiger partial charge in [0, 0.05) is 37.3 Å². The van der Waals surface area contributed by atoms with Gasteiger partial charge in [-0.05, 0) is 37.5 Å². The van der Waals surface area contributed by atoms with Gasteiger partial charge in [0.25, 0.3) is 0 Å². The highest BCUT2D eigenvalue weighted by molar-refractivity contribution is 7.11. The summed E-state index contributed by atoms with van der Waals surface area (Å²) in [5.41, 5.74) is 2.27. The zero-order chi connectivity index (χ0) is 17.5. The van der Waals surface area contributed by atoms with Gasteiger partial charge in [-0.3, -0.25) is 4.98 Å². The number of hydrogen-bond donors (Lipinski definition) is 1. The lowest BCUT2D eigenvalue weighted by Gasteiger charge is -2.27. The second-order valence-corrected chi connectivity index (χ2v) is 7.05. The van der Waals surface area contributed by atoms with Crippen molar-refractivity contribution in [2.24, 2.45) is 0 Å². The molecule has 0 bridgehead atoms. The van der Waals surface area contributed by atoms with Crippen LogP contribution in [0.15, 0.2) is 24.5 Å². The lowest BCUT2D eigenvalue weighted by molar-refractivity contribution is 0.189. The van der Waals surface area contributed by atoms with Crippen LogP contribution in [0, 0.1) is 6.92 Å². The molecule has 0 saturated heterocycles. The zero-order valence-electron chi connectivity index (χ0n) is 14.9. The Labute approximate surface area is 148 Å². The van der Waals surface area contributed by atoms with Gasteiger partial charge in [0.15, 0.2) is 0 Å². The number of thiazole rings is 1. The Morgan fingerprint density at radius 3 is 2.62 bits per heavy atom. The second kappa shape index (κ2) is 8.78. The monoisotopic (exact) mass is 346 g/mol. The van der Waals surface area contributed by atoms with E-state index in [4.69, 9.17) is 0 Å². The number of nitrogens with zero attached hydrogens (tertiary/aromatic N) is 3. The number of amides is 2. The molecule has 0 aromatic carbocycles. The van der Waals surface area contributed by atoms with Gasteiger partial charge in [-0.2, -0.15) is 0 Å². The molecule has 2 amide bonds. The van der Waals surface area contributed by atoms with Crippen LogP contribution in [-0.2, 0) is 12.8 Å². The summed E-state index contributed by atoms with van der Waals surface area (Å²) in [6.45, 7) is 6.91. The highest BCUT2D eigenvalue weighted by Crippen LogP contribution is 2.22. The highest BCUT2D eigenvalue weighted by atomic mass is 32.1. The molecule has 2 aromatic rings. The summed E-state index contributed by atoms with van der Waals surface area (Å²) in [5.74, 6) is 0. The minimum absolute atomic E-state index is 0.0531. The van der Waals surface area contributed by atoms with Crippen molar-refractivity contribution in [2.75, 3.05) is 13.6 Å². The van der Waals surface area contributed by atoms with E-state index in [1.807, 2.05) is 19.2 Å². The molecule has 5 nitrogen and oxygen atoms in total. The Kier molecular flexibility index (Phi) is 6.73. The van der Waals surface area contributed by atoms with E-state index < -0.39 is 0 Å². The maximum atomic E-state index is 12.4. The largest absolute Gasteiger partial charge is 0.338 e. The van der Waals surface area contributed by atoms with Gasteiger partial charge in [-0.1, -0.05) is 13.8 Å². The zero-order valence-corrected chi connectivity index (χ0v) is 15.7. The first-order valence-corrected chi connectivity index (χ1v) is 9.24. The number of pyridine rings is 1. The summed E-state index contributed by atoms with van der Waals surface area (Å²) < 4.78 is 0. The van der Waals surface area contributed by atoms with Crippen LogP contribution in [0.5, 0.6) is 0 Å².